The van der Waals surface area contributed by atoms with Gasteiger partial charge in [-0.3, -0.25) is 9.59 Å². The van der Waals surface area contributed by atoms with Crippen molar-refractivity contribution in [2.45, 2.75) is 51.1 Å². The van der Waals surface area contributed by atoms with E-state index in [9.17, 15) is 9.59 Å². The molecule has 0 heterocycles. The summed E-state index contributed by atoms with van der Waals surface area (Å²) in [7, 11) is 0. The molecule has 5 heteroatoms. The third-order valence-electron chi connectivity index (χ3n) is 3.11. The smallest absolute Gasteiger partial charge is 0.323 e. The van der Waals surface area contributed by atoms with Crippen molar-refractivity contribution < 1.29 is 14.7 Å². The lowest BCUT2D eigenvalue weighted by Gasteiger charge is -2.29. The van der Waals surface area contributed by atoms with E-state index in [0.717, 1.165) is 25.7 Å². The average Bonchev–Trinajstić information content (AvgIpc) is 2.76. The van der Waals surface area contributed by atoms with Crippen LogP contribution in [0, 0.1) is 0 Å². The number of carboxylic acids is 1. The Morgan fingerprint density at radius 3 is 2.44 bits per heavy atom. The van der Waals surface area contributed by atoms with E-state index in [4.69, 9.17) is 10.8 Å². The van der Waals surface area contributed by atoms with Crippen LogP contribution in [0.15, 0.2) is 0 Å². The predicted molar refractivity (Wildman–Crippen MR) is 59.9 cm³/mol. The lowest BCUT2D eigenvalue weighted by Crippen LogP contribution is -2.49. The van der Waals surface area contributed by atoms with Crippen LogP contribution in [0.4, 0.5) is 0 Å². The highest BCUT2D eigenvalue weighted by molar-refractivity contribution is 5.85. The van der Waals surface area contributed by atoms with E-state index in [1.165, 1.54) is 4.90 Å². The van der Waals surface area contributed by atoms with E-state index >= 15 is 0 Å². The maximum atomic E-state index is 11.9. The van der Waals surface area contributed by atoms with E-state index < -0.39 is 12.0 Å². The Labute approximate surface area is 95.6 Å². The summed E-state index contributed by atoms with van der Waals surface area (Å²) in [6.07, 6.45) is 4.47. The molecule has 0 aromatic heterocycles. The molecule has 0 bridgehead atoms. The van der Waals surface area contributed by atoms with Gasteiger partial charge in [0.1, 0.15) is 6.54 Å². The van der Waals surface area contributed by atoms with Crippen molar-refractivity contribution in [2.24, 2.45) is 5.73 Å². The van der Waals surface area contributed by atoms with E-state index in [-0.39, 0.29) is 18.5 Å². The van der Waals surface area contributed by atoms with Gasteiger partial charge < -0.3 is 15.7 Å². The number of aliphatic carboxylic acids is 1. The van der Waals surface area contributed by atoms with Gasteiger partial charge in [-0.05, 0) is 19.3 Å². The van der Waals surface area contributed by atoms with E-state index in [0.29, 0.717) is 6.42 Å². The molecule has 3 N–H and O–H groups in total. The van der Waals surface area contributed by atoms with Gasteiger partial charge in [-0.1, -0.05) is 19.8 Å². The van der Waals surface area contributed by atoms with Crippen molar-refractivity contribution in [1.29, 1.82) is 0 Å². The molecule has 0 aliphatic heterocycles. The molecule has 1 aliphatic rings. The van der Waals surface area contributed by atoms with Gasteiger partial charge in [-0.2, -0.15) is 0 Å². The number of rotatable bonds is 5. The molecule has 92 valence electrons. The second kappa shape index (κ2) is 5.84. The zero-order chi connectivity index (χ0) is 12.1. The topological polar surface area (TPSA) is 83.6 Å². The standard InChI is InChI=1S/C11H20N2O3/c1-2-9(12)11(16)13(7-10(14)15)8-5-3-4-6-8/h8-9H,2-7,12H2,1H3,(H,14,15)/t9-/m0/s1. The Bertz CT molecular complexity index is 262. The van der Waals surface area contributed by atoms with Crippen LogP contribution in [-0.2, 0) is 9.59 Å². The Morgan fingerprint density at radius 1 is 1.44 bits per heavy atom. The summed E-state index contributed by atoms with van der Waals surface area (Å²) in [5.74, 6) is -1.19. The molecule has 0 aromatic rings. The fourth-order valence-corrected chi connectivity index (χ4v) is 2.14. The first-order valence-corrected chi connectivity index (χ1v) is 5.84. The van der Waals surface area contributed by atoms with Crippen LogP contribution in [0.3, 0.4) is 0 Å². The zero-order valence-electron chi connectivity index (χ0n) is 9.69. The molecule has 5 nitrogen and oxygen atoms in total. The van der Waals surface area contributed by atoms with Crippen molar-refractivity contribution >= 4 is 11.9 Å². The van der Waals surface area contributed by atoms with Gasteiger partial charge in [0.25, 0.3) is 0 Å². The summed E-state index contributed by atoms with van der Waals surface area (Å²) in [5, 5.41) is 8.81. The van der Waals surface area contributed by atoms with Crippen molar-refractivity contribution in [3.63, 3.8) is 0 Å². The largest absolute Gasteiger partial charge is 0.480 e. The maximum Gasteiger partial charge on any atom is 0.323 e. The molecule has 1 amide bonds. The predicted octanol–water partition coefficient (Wildman–Crippen LogP) is 0.579. The van der Waals surface area contributed by atoms with Crippen molar-refractivity contribution in [3.05, 3.63) is 0 Å². The highest BCUT2D eigenvalue weighted by Gasteiger charge is 2.30. The van der Waals surface area contributed by atoms with Crippen LogP contribution in [0.5, 0.6) is 0 Å². The lowest BCUT2D eigenvalue weighted by molar-refractivity contribution is -0.146. The number of hydrogen-bond donors (Lipinski definition) is 2. The Kier molecular flexibility index (Phi) is 4.73. The minimum Gasteiger partial charge on any atom is -0.480 e. The molecule has 0 radical (unpaired) electrons. The van der Waals surface area contributed by atoms with Gasteiger partial charge in [-0.25, -0.2) is 0 Å². The summed E-state index contributed by atoms with van der Waals surface area (Å²) in [4.78, 5) is 24.1. The quantitative estimate of drug-likeness (QED) is 0.721. The molecule has 1 aliphatic carbocycles. The average molecular weight is 228 g/mol. The van der Waals surface area contributed by atoms with Crippen molar-refractivity contribution in [1.82, 2.24) is 4.90 Å². The van der Waals surface area contributed by atoms with Gasteiger partial charge in [0.05, 0.1) is 6.04 Å². The first-order chi connectivity index (χ1) is 7.56. The molecule has 1 rings (SSSR count). The first-order valence-electron chi connectivity index (χ1n) is 5.84. The number of carboxylic acid groups (broad SMARTS) is 1. The second-order valence-electron chi connectivity index (χ2n) is 4.31. The minimum absolute atomic E-state index is 0.0706. The van der Waals surface area contributed by atoms with Crippen LogP contribution in [0.25, 0.3) is 0 Å². The summed E-state index contributed by atoms with van der Waals surface area (Å²) in [5.41, 5.74) is 5.68. The molecule has 16 heavy (non-hydrogen) atoms. The van der Waals surface area contributed by atoms with E-state index in [2.05, 4.69) is 0 Å². The second-order valence-corrected chi connectivity index (χ2v) is 4.31. The molecular weight excluding hydrogens is 208 g/mol. The Morgan fingerprint density at radius 2 is 2.00 bits per heavy atom. The third kappa shape index (κ3) is 3.20. The lowest BCUT2D eigenvalue weighted by atomic mass is 10.1. The van der Waals surface area contributed by atoms with Crippen molar-refractivity contribution in [2.75, 3.05) is 6.54 Å². The molecule has 0 aromatic carbocycles. The highest BCUT2D eigenvalue weighted by Crippen LogP contribution is 2.23. The van der Waals surface area contributed by atoms with Gasteiger partial charge in [0, 0.05) is 6.04 Å². The highest BCUT2D eigenvalue weighted by atomic mass is 16.4. The number of nitrogens with two attached hydrogens (primary N) is 1. The summed E-state index contributed by atoms with van der Waals surface area (Å²) >= 11 is 0. The molecule has 1 saturated carbocycles. The number of carbonyl (C=O) groups is 2. The normalized spacial score (nSPS) is 18.4. The molecule has 0 spiro atoms. The molecule has 1 fully saturated rings. The Balaban J connectivity index is 2.69. The van der Waals surface area contributed by atoms with Crippen LogP contribution >= 0.6 is 0 Å². The third-order valence-corrected chi connectivity index (χ3v) is 3.11. The fraction of sp³-hybridized carbons (Fsp3) is 0.818. The van der Waals surface area contributed by atoms with Crippen LogP contribution in [-0.4, -0.2) is 40.5 Å². The first kappa shape index (κ1) is 13.0. The SMILES string of the molecule is CC[C@H](N)C(=O)N(CC(=O)O)C1CCCC1. The number of nitrogens with zero attached hydrogens (tertiary/aromatic N) is 1. The summed E-state index contributed by atoms with van der Waals surface area (Å²) in [6, 6.07) is -0.499. The van der Waals surface area contributed by atoms with Gasteiger partial charge >= 0.3 is 5.97 Å². The van der Waals surface area contributed by atoms with Crippen LogP contribution < -0.4 is 5.73 Å². The Hall–Kier alpha value is -1.10. The molecular formula is C11H20N2O3. The van der Waals surface area contributed by atoms with E-state index in [1.54, 1.807) is 0 Å². The summed E-state index contributed by atoms with van der Waals surface area (Å²) in [6.45, 7) is 1.60. The minimum atomic E-state index is -0.969. The van der Waals surface area contributed by atoms with Crippen LogP contribution in [0.1, 0.15) is 39.0 Å². The maximum absolute atomic E-state index is 11.9. The van der Waals surface area contributed by atoms with Gasteiger partial charge in [0.2, 0.25) is 5.91 Å². The number of amides is 1. The molecule has 1 atom stereocenters. The van der Waals surface area contributed by atoms with Gasteiger partial charge in [-0.15, -0.1) is 0 Å². The van der Waals surface area contributed by atoms with Gasteiger partial charge in [0.15, 0.2) is 0 Å². The summed E-state index contributed by atoms with van der Waals surface area (Å²) < 4.78 is 0. The van der Waals surface area contributed by atoms with E-state index in [1.807, 2.05) is 6.92 Å². The number of hydrogen-bond acceptors (Lipinski definition) is 3. The monoisotopic (exact) mass is 228 g/mol. The van der Waals surface area contributed by atoms with Crippen LogP contribution in [0.2, 0.25) is 0 Å². The van der Waals surface area contributed by atoms with Crippen molar-refractivity contribution in [3.8, 4) is 0 Å². The molecule has 0 saturated heterocycles. The fourth-order valence-electron chi connectivity index (χ4n) is 2.14. The number of carbonyl (C=O) groups excluding carboxylic acids is 1. The zero-order valence-corrected chi connectivity index (χ0v) is 9.69. The molecule has 0 unspecified atom stereocenters.